The SMILES string of the molecule is C[C@@H]1O[C@@H](O[C@@H]2[C@@H](O)[C@H](OCCc3ccc(O)cc3)O[C@H](CO)[C@H]2OC(=O)C=Cc2ccc(O)c(O)c2)[C@H](O)[C@H](O)[C@H]1O. The Hall–Kier alpha value is -3.31. The molecule has 2 aromatic carbocycles. The standard InChI is InChI=1S/C29H36O14/c1-14-22(35)23(36)24(37)29(40-14)43-27-25(38)28(39-11-10-15-2-6-17(31)7-3-15)41-20(13-30)26(27)42-21(34)9-5-16-4-8-18(32)19(33)12-16/h2-9,12,14,20,22-33,35-38H,10-11,13H2,1H3/t14-,20+,22-,23+,24+,25+,26+,27+,28+,29-/m0/s1. The number of phenols is 3. The van der Waals surface area contributed by atoms with Crippen LogP contribution in [0.15, 0.2) is 48.5 Å². The van der Waals surface area contributed by atoms with E-state index in [2.05, 4.69) is 0 Å². The largest absolute Gasteiger partial charge is 0.508 e. The molecular formula is C29H36O14. The lowest BCUT2D eigenvalue weighted by atomic mass is 9.97. The van der Waals surface area contributed by atoms with Crippen LogP contribution in [0.2, 0.25) is 0 Å². The van der Waals surface area contributed by atoms with Gasteiger partial charge in [0.1, 0.15) is 42.4 Å². The maximum Gasteiger partial charge on any atom is 0.331 e. The Balaban J connectivity index is 1.52. The molecule has 4 rings (SSSR count). The summed E-state index contributed by atoms with van der Waals surface area (Å²) in [5, 5.41) is 80.7. The Morgan fingerprint density at radius 2 is 1.58 bits per heavy atom. The number of rotatable bonds is 10. The second kappa shape index (κ2) is 14.4. The molecule has 2 aliphatic heterocycles. The van der Waals surface area contributed by atoms with Crippen LogP contribution in [0.4, 0.5) is 0 Å². The molecule has 0 aliphatic carbocycles. The van der Waals surface area contributed by atoms with Gasteiger partial charge in [0, 0.05) is 6.08 Å². The Bertz CT molecular complexity index is 1240. The number of carbonyl (C=O) groups excluding carboxylic acids is 1. The Labute approximate surface area is 246 Å². The van der Waals surface area contributed by atoms with Crippen molar-refractivity contribution < 1.29 is 69.3 Å². The summed E-state index contributed by atoms with van der Waals surface area (Å²) in [4.78, 5) is 12.8. The maximum atomic E-state index is 12.8. The highest BCUT2D eigenvalue weighted by Gasteiger charge is 2.52. The molecule has 0 radical (unpaired) electrons. The van der Waals surface area contributed by atoms with Gasteiger partial charge in [0.2, 0.25) is 0 Å². The van der Waals surface area contributed by atoms with Gasteiger partial charge in [-0.15, -0.1) is 0 Å². The third kappa shape index (κ3) is 8.00. The van der Waals surface area contributed by atoms with Crippen molar-refractivity contribution in [3.8, 4) is 17.2 Å². The van der Waals surface area contributed by atoms with Crippen molar-refractivity contribution in [1.82, 2.24) is 0 Å². The summed E-state index contributed by atoms with van der Waals surface area (Å²) in [6.45, 7) is 0.768. The van der Waals surface area contributed by atoms with E-state index in [0.29, 0.717) is 12.0 Å². The fourth-order valence-corrected chi connectivity index (χ4v) is 4.69. The van der Waals surface area contributed by atoms with Gasteiger partial charge in [-0.05, 0) is 54.8 Å². The van der Waals surface area contributed by atoms with Gasteiger partial charge in [-0.1, -0.05) is 18.2 Å². The summed E-state index contributed by atoms with van der Waals surface area (Å²) in [5.74, 6) is -1.62. The molecule has 14 nitrogen and oxygen atoms in total. The molecule has 0 unspecified atom stereocenters. The third-order valence-electron chi connectivity index (χ3n) is 7.17. The van der Waals surface area contributed by atoms with E-state index in [1.165, 1.54) is 43.3 Å². The van der Waals surface area contributed by atoms with Gasteiger partial charge in [0.15, 0.2) is 30.2 Å². The van der Waals surface area contributed by atoms with Gasteiger partial charge in [-0.3, -0.25) is 0 Å². The van der Waals surface area contributed by atoms with Crippen molar-refractivity contribution >= 4 is 12.0 Å². The van der Waals surface area contributed by atoms with Crippen molar-refractivity contribution in [2.75, 3.05) is 13.2 Å². The number of esters is 1. The van der Waals surface area contributed by atoms with E-state index in [1.807, 2.05) is 0 Å². The first-order chi connectivity index (χ1) is 20.5. The van der Waals surface area contributed by atoms with Crippen molar-refractivity contribution in [2.24, 2.45) is 0 Å². The summed E-state index contributed by atoms with van der Waals surface area (Å²) >= 11 is 0. The van der Waals surface area contributed by atoms with E-state index in [4.69, 9.17) is 23.7 Å². The van der Waals surface area contributed by atoms with Gasteiger partial charge in [0.25, 0.3) is 0 Å². The lowest BCUT2D eigenvalue weighted by Gasteiger charge is -2.46. The topological polar surface area (TPSA) is 225 Å². The van der Waals surface area contributed by atoms with E-state index in [-0.39, 0.29) is 18.1 Å². The number of phenolic OH excluding ortho intramolecular Hbond substituents is 3. The predicted molar refractivity (Wildman–Crippen MR) is 145 cm³/mol. The zero-order valence-electron chi connectivity index (χ0n) is 23.1. The van der Waals surface area contributed by atoms with Gasteiger partial charge in [-0.25, -0.2) is 4.79 Å². The van der Waals surface area contributed by atoms with Crippen molar-refractivity contribution in [1.29, 1.82) is 0 Å². The predicted octanol–water partition coefficient (Wildman–Crippen LogP) is -0.722. The number of aliphatic hydroxyl groups is 5. The highest BCUT2D eigenvalue weighted by molar-refractivity contribution is 5.87. The molecule has 2 heterocycles. The van der Waals surface area contributed by atoms with E-state index in [1.54, 1.807) is 12.1 Å². The second-order valence-corrected chi connectivity index (χ2v) is 10.3. The fraction of sp³-hybridized carbons (Fsp3) is 0.483. The summed E-state index contributed by atoms with van der Waals surface area (Å²) in [6, 6.07) is 10.2. The van der Waals surface area contributed by atoms with Gasteiger partial charge in [-0.2, -0.15) is 0 Å². The van der Waals surface area contributed by atoms with Crippen LogP contribution in [0.1, 0.15) is 18.1 Å². The average Bonchev–Trinajstić information content (AvgIpc) is 2.99. The van der Waals surface area contributed by atoms with E-state index in [0.717, 1.165) is 11.6 Å². The fourth-order valence-electron chi connectivity index (χ4n) is 4.69. The molecule has 0 spiro atoms. The molecule has 10 atom stereocenters. The normalized spacial score (nSPS) is 33.0. The van der Waals surface area contributed by atoms with Crippen LogP contribution in [0.3, 0.4) is 0 Å². The lowest BCUT2D eigenvalue weighted by Crippen LogP contribution is -2.65. The van der Waals surface area contributed by atoms with E-state index < -0.39 is 79.7 Å². The van der Waals surface area contributed by atoms with Crippen LogP contribution in [-0.2, 0) is 34.9 Å². The zero-order valence-corrected chi connectivity index (χ0v) is 23.1. The Morgan fingerprint density at radius 1 is 0.860 bits per heavy atom. The van der Waals surface area contributed by atoms with Crippen LogP contribution < -0.4 is 0 Å². The van der Waals surface area contributed by atoms with Crippen LogP contribution in [0, 0.1) is 0 Å². The molecule has 2 saturated heterocycles. The number of carbonyl (C=O) groups is 1. The number of benzene rings is 2. The zero-order chi connectivity index (χ0) is 31.3. The first-order valence-corrected chi connectivity index (χ1v) is 13.6. The first kappa shape index (κ1) is 32.6. The van der Waals surface area contributed by atoms with Gasteiger partial charge >= 0.3 is 5.97 Å². The molecule has 2 aliphatic rings. The highest BCUT2D eigenvalue weighted by Crippen LogP contribution is 2.31. The van der Waals surface area contributed by atoms with Crippen LogP contribution in [0.25, 0.3) is 6.08 Å². The molecule has 2 aromatic rings. The minimum atomic E-state index is -1.75. The molecule has 43 heavy (non-hydrogen) atoms. The maximum absolute atomic E-state index is 12.8. The van der Waals surface area contributed by atoms with Gasteiger partial charge < -0.3 is 64.5 Å². The van der Waals surface area contributed by atoms with E-state index in [9.17, 15) is 45.6 Å². The molecule has 236 valence electrons. The molecule has 0 amide bonds. The number of ether oxygens (including phenoxy) is 5. The lowest BCUT2D eigenvalue weighted by molar-refractivity contribution is -0.357. The molecule has 0 saturated carbocycles. The summed E-state index contributed by atoms with van der Waals surface area (Å²) in [7, 11) is 0. The molecule has 0 aromatic heterocycles. The molecule has 14 heteroatoms. The van der Waals surface area contributed by atoms with Crippen molar-refractivity contribution in [3.63, 3.8) is 0 Å². The summed E-state index contributed by atoms with van der Waals surface area (Å²) < 4.78 is 28.3. The number of aliphatic hydroxyl groups excluding tert-OH is 5. The third-order valence-corrected chi connectivity index (χ3v) is 7.17. The minimum absolute atomic E-state index is 0.0362. The monoisotopic (exact) mass is 608 g/mol. The Morgan fingerprint density at radius 3 is 2.26 bits per heavy atom. The van der Waals surface area contributed by atoms with Crippen molar-refractivity contribution in [3.05, 3.63) is 59.7 Å². The molecule has 2 fully saturated rings. The molecule has 8 N–H and O–H groups in total. The average molecular weight is 609 g/mol. The second-order valence-electron chi connectivity index (χ2n) is 10.3. The highest BCUT2D eigenvalue weighted by atomic mass is 16.7. The number of aromatic hydroxyl groups is 3. The smallest absolute Gasteiger partial charge is 0.331 e. The molecule has 0 bridgehead atoms. The summed E-state index contributed by atoms with van der Waals surface area (Å²) in [6.07, 6.45) is -12.1. The van der Waals surface area contributed by atoms with Crippen molar-refractivity contribution in [2.45, 2.75) is 74.8 Å². The van der Waals surface area contributed by atoms with Crippen LogP contribution >= 0.6 is 0 Å². The number of hydrogen-bond acceptors (Lipinski definition) is 14. The minimum Gasteiger partial charge on any atom is -0.508 e. The first-order valence-electron chi connectivity index (χ1n) is 13.6. The summed E-state index contributed by atoms with van der Waals surface area (Å²) in [5.41, 5.74) is 1.16. The quantitative estimate of drug-likeness (QED) is 0.0947. The Kier molecular flexibility index (Phi) is 10.9. The van der Waals surface area contributed by atoms with Crippen LogP contribution in [0.5, 0.6) is 17.2 Å². The number of hydrogen-bond donors (Lipinski definition) is 8. The van der Waals surface area contributed by atoms with Gasteiger partial charge in [0.05, 0.1) is 19.3 Å². The van der Waals surface area contributed by atoms with Crippen LogP contribution in [-0.4, -0.2) is 121 Å². The molecular weight excluding hydrogens is 572 g/mol. The van der Waals surface area contributed by atoms with E-state index >= 15 is 0 Å².